The summed E-state index contributed by atoms with van der Waals surface area (Å²) < 4.78 is 0. The lowest BCUT2D eigenvalue weighted by molar-refractivity contribution is 0.0657. The van der Waals surface area contributed by atoms with E-state index in [0.717, 1.165) is 24.9 Å². The molecule has 0 radical (unpaired) electrons. The van der Waals surface area contributed by atoms with Crippen molar-refractivity contribution in [2.24, 2.45) is 0 Å². The Morgan fingerprint density at radius 3 is 2.80 bits per heavy atom. The number of carbonyl (C=O) groups excluding carboxylic acids is 1. The summed E-state index contributed by atoms with van der Waals surface area (Å²) in [7, 11) is 0. The second-order valence-electron chi connectivity index (χ2n) is 5.09. The zero-order chi connectivity index (χ0) is 14.1. The fourth-order valence-corrected chi connectivity index (χ4v) is 3.80. The van der Waals surface area contributed by atoms with Crippen molar-refractivity contribution in [1.82, 2.24) is 4.90 Å². The normalized spacial score (nSPS) is 17.9. The van der Waals surface area contributed by atoms with Gasteiger partial charge in [-0.1, -0.05) is 6.92 Å². The topological polar surface area (TPSA) is 46.3 Å². The Bertz CT molecular complexity index is 618. The van der Waals surface area contributed by atoms with Gasteiger partial charge in [0.1, 0.15) is 0 Å². The van der Waals surface area contributed by atoms with Crippen LogP contribution in [0, 0.1) is 0 Å². The lowest BCUT2D eigenvalue weighted by Crippen LogP contribution is -2.39. The fourth-order valence-electron chi connectivity index (χ4n) is 2.87. The Morgan fingerprint density at radius 1 is 1.35 bits per heavy atom. The van der Waals surface area contributed by atoms with Crippen molar-refractivity contribution >= 4 is 22.9 Å². The average molecular weight is 286 g/mol. The predicted octanol–water partition coefficient (Wildman–Crippen LogP) is 3.48. The number of rotatable bonds is 2. The van der Waals surface area contributed by atoms with E-state index in [1.54, 1.807) is 23.5 Å². The van der Waals surface area contributed by atoms with Crippen LogP contribution in [-0.2, 0) is 6.42 Å². The van der Waals surface area contributed by atoms with Crippen molar-refractivity contribution in [3.05, 3.63) is 51.7 Å². The van der Waals surface area contributed by atoms with Crippen molar-refractivity contribution in [2.75, 3.05) is 12.3 Å². The highest BCUT2D eigenvalue weighted by molar-refractivity contribution is 7.10. The molecule has 1 amide bonds. The number of nitrogen functional groups attached to an aromatic ring is 1. The standard InChI is InChI=1S/C16H18N2OS/c1-2-14-13-8-10-20-15(13)7-9-18(14)16(19)11-3-5-12(17)6-4-11/h3-6,8,10,14H,2,7,9,17H2,1H3. The van der Waals surface area contributed by atoms with Gasteiger partial charge in [0, 0.05) is 22.7 Å². The van der Waals surface area contributed by atoms with Crippen LogP contribution in [0.4, 0.5) is 5.69 Å². The Kier molecular flexibility index (Phi) is 3.49. The molecule has 0 bridgehead atoms. The minimum Gasteiger partial charge on any atom is -0.399 e. The lowest BCUT2D eigenvalue weighted by atomic mass is 9.97. The minimum atomic E-state index is 0.105. The SMILES string of the molecule is CCC1c2ccsc2CCN1C(=O)c1ccc(N)cc1. The molecule has 4 heteroatoms. The zero-order valence-corrected chi connectivity index (χ0v) is 12.3. The summed E-state index contributed by atoms with van der Waals surface area (Å²) >= 11 is 1.80. The number of nitrogens with two attached hydrogens (primary N) is 1. The molecule has 2 aromatic rings. The average Bonchev–Trinajstić information content (AvgIpc) is 2.94. The second kappa shape index (κ2) is 5.29. The molecule has 2 N–H and O–H groups in total. The van der Waals surface area contributed by atoms with Crippen LogP contribution in [0.5, 0.6) is 0 Å². The quantitative estimate of drug-likeness (QED) is 0.859. The van der Waals surface area contributed by atoms with Crippen LogP contribution in [0.3, 0.4) is 0 Å². The molecular formula is C16H18N2OS. The van der Waals surface area contributed by atoms with E-state index in [2.05, 4.69) is 18.4 Å². The molecule has 1 aromatic heterocycles. The number of amides is 1. The van der Waals surface area contributed by atoms with E-state index in [1.807, 2.05) is 17.0 Å². The molecule has 104 valence electrons. The molecule has 3 rings (SSSR count). The summed E-state index contributed by atoms with van der Waals surface area (Å²) in [4.78, 5) is 16.1. The highest BCUT2D eigenvalue weighted by atomic mass is 32.1. The van der Waals surface area contributed by atoms with Gasteiger partial charge in [0.25, 0.3) is 5.91 Å². The summed E-state index contributed by atoms with van der Waals surface area (Å²) in [5.41, 5.74) is 8.42. The fraction of sp³-hybridized carbons (Fsp3) is 0.312. The molecule has 2 heterocycles. The van der Waals surface area contributed by atoms with Gasteiger partial charge in [-0.2, -0.15) is 0 Å². The van der Waals surface area contributed by atoms with E-state index in [9.17, 15) is 4.79 Å². The number of anilines is 1. The molecule has 1 atom stereocenters. The van der Waals surface area contributed by atoms with E-state index in [-0.39, 0.29) is 11.9 Å². The van der Waals surface area contributed by atoms with Crippen LogP contribution in [0.2, 0.25) is 0 Å². The minimum absolute atomic E-state index is 0.105. The third-order valence-corrected chi connectivity index (χ3v) is 4.90. The number of thiophene rings is 1. The molecule has 1 unspecified atom stereocenters. The largest absolute Gasteiger partial charge is 0.399 e. The molecular weight excluding hydrogens is 268 g/mol. The maximum absolute atomic E-state index is 12.7. The van der Waals surface area contributed by atoms with Crippen LogP contribution < -0.4 is 5.73 Å². The molecule has 20 heavy (non-hydrogen) atoms. The molecule has 3 nitrogen and oxygen atoms in total. The van der Waals surface area contributed by atoms with Gasteiger partial charge < -0.3 is 10.6 Å². The van der Waals surface area contributed by atoms with Gasteiger partial charge in [0.2, 0.25) is 0 Å². The van der Waals surface area contributed by atoms with Crippen LogP contribution in [-0.4, -0.2) is 17.4 Å². The lowest BCUT2D eigenvalue weighted by Gasteiger charge is -2.35. The molecule has 0 aliphatic carbocycles. The van der Waals surface area contributed by atoms with Gasteiger partial charge in [-0.25, -0.2) is 0 Å². The molecule has 0 spiro atoms. The Morgan fingerprint density at radius 2 is 2.10 bits per heavy atom. The summed E-state index contributed by atoms with van der Waals surface area (Å²) in [6, 6.07) is 9.56. The third-order valence-electron chi connectivity index (χ3n) is 3.90. The number of fused-ring (bicyclic) bond motifs is 1. The van der Waals surface area contributed by atoms with E-state index in [4.69, 9.17) is 5.73 Å². The molecule has 1 aliphatic heterocycles. The number of carbonyl (C=O) groups is 1. The van der Waals surface area contributed by atoms with Crippen LogP contribution in [0.25, 0.3) is 0 Å². The third kappa shape index (κ3) is 2.20. The van der Waals surface area contributed by atoms with Crippen LogP contribution in [0.1, 0.15) is 40.2 Å². The molecule has 1 aliphatic rings. The second-order valence-corrected chi connectivity index (χ2v) is 6.09. The maximum Gasteiger partial charge on any atom is 0.254 e. The van der Waals surface area contributed by atoms with Crippen molar-refractivity contribution in [3.63, 3.8) is 0 Å². The summed E-state index contributed by atoms with van der Waals surface area (Å²) in [5, 5.41) is 2.13. The van der Waals surface area contributed by atoms with E-state index in [0.29, 0.717) is 5.69 Å². The van der Waals surface area contributed by atoms with Crippen molar-refractivity contribution in [3.8, 4) is 0 Å². The monoisotopic (exact) mass is 286 g/mol. The van der Waals surface area contributed by atoms with Crippen molar-refractivity contribution < 1.29 is 4.79 Å². The number of hydrogen-bond acceptors (Lipinski definition) is 3. The van der Waals surface area contributed by atoms with Crippen molar-refractivity contribution in [2.45, 2.75) is 25.8 Å². The first-order valence-electron chi connectivity index (χ1n) is 6.93. The first-order chi connectivity index (χ1) is 9.70. The van der Waals surface area contributed by atoms with E-state index in [1.165, 1.54) is 10.4 Å². The smallest absolute Gasteiger partial charge is 0.254 e. The summed E-state index contributed by atoms with van der Waals surface area (Å²) in [6.07, 6.45) is 1.91. The number of benzene rings is 1. The number of hydrogen-bond donors (Lipinski definition) is 1. The summed E-state index contributed by atoms with van der Waals surface area (Å²) in [6.45, 7) is 2.94. The highest BCUT2D eigenvalue weighted by Gasteiger charge is 2.30. The van der Waals surface area contributed by atoms with Gasteiger partial charge in [0.15, 0.2) is 0 Å². The van der Waals surface area contributed by atoms with Crippen molar-refractivity contribution in [1.29, 1.82) is 0 Å². The van der Waals surface area contributed by atoms with Crippen LogP contribution in [0.15, 0.2) is 35.7 Å². The summed E-state index contributed by atoms with van der Waals surface area (Å²) in [5.74, 6) is 0.105. The van der Waals surface area contributed by atoms with E-state index < -0.39 is 0 Å². The van der Waals surface area contributed by atoms with E-state index >= 15 is 0 Å². The molecule has 0 saturated heterocycles. The highest BCUT2D eigenvalue weighted by Crippen LogP contribution is 2.35. The van der Waals surface area contributed by atoms with Crippen LogP contribution >= 0.6 is 11.3 Å². The zero-order valence-electron chi connectivity index (χ0n) is 11.5. The Hall–Kier alpha value is -1.81. The molecule has 0 saturated carbocycles. The van der Waals surface area contributed by atoms with Gasteiger partial charge in [-0.05, 0) is 54.1 Å². The molecule has 0 fully saturated rings. The van der Waals surface area contributed by atoms with Gasteiger partial charge in [-0.3, -0.25) is 4.79 Å². The first kappa shape index (κ1) is 13.2. The Labute approximate surface area is 123 Å². The predicted molar refractivity (Wildman–Crippen MR) is 82.9 cm³/mol. The Balaban J connectivity index is 1.90. The van der Waals surface area contributed by atoms with Gasteiger partial charge in [-0.15, -0.1) is 11.3 Å². The first-order valence-corrected chi connectivity index (χ1v) is 7.81. The van der Waals surface area contributed by atoms with Gasteiger partial charge in [0.05, 0.1) is 6.04 Å². The maximum atomic E-state index is 12.7. The molecule has 1 aromatic carbocycles. The number of nitrogens with zero attached hydrogens (tertiary/aromatic N) is 1. The van der Waals surface area contributed by atoms with Gasteiger partial charge >= 0.3 is 0 Å².